The zero-order chi connectivity index (χ0) is 13.2. The number of hydrogen-bond acceptors (Lipinski definition) is 3. The Hall–Kier alpha value is -1.59. The van der Waals surface area contributed by atoms with Crippen LogP contribution in [0.4, 0.5) is 0 Å². The molecular weight excluding hydrogens is 306 g/mol. The lowest BCUT2D eigenvalue weighted by Crippen LogP contribution is -2.08. The summed E-state index contributed by atoms with van der Waals surface area (Å²) in [5.74, 6) is 0.950. The van der Waals surface area contributed by atoms with Gasteiger partial charge in [0.25, 0.3) is 0 Å². The maximum absolute atomic E-state index is 5.95. The summed E-state index contributed by atoms with van der Waals surface area (Å²) in [6, 6.07) is 8.11. The summed E-state index contributed by atoms with van der Waals surface area (Å²) in [6.07, 6.45) is 3.72. The maximum Gasteiger partial charge on any atom is 0.134 e. The van der Waals surface area contributed by atoms with Gasteiger partial charge in [-0.15, -0.1) is 0 Å². The van der Waals surface area contributed by atoms with Gasteiger partial charge in [0.1, 0.15) is 11.3 Å². The Morgan fingerprint density at radius 1 is 1.37 bits per heavy atom. The first-order valence-electron chi connectivity index (χ1n) is 6.10. The molecule has 2 heterocycles. The molecule has 3 rings (SSSR count). The number of para-hydroxylation sites is 1. The van der Waals surface area contributed by atoms with Crippen LogP contribution in [0.1, 0.15) is 11.3 Å². The Morgan fingerprint density at radius 2 is 2.21 bits per heavy atom. The van der Waals surface area contributed by atoms with Gasteiger partial charge < -0.3 is 9.73 Å². The molecule has 1 N–H and O–H groups in total. The predicted molar refractivity (Wildman–Crippen MR) is 78.0 cm³/mol. The van der Waals surface area contributed by atoms with Crippen molar-refractivity contribution < 1.29 is 4.42 Å². The maximum atomic E-state index is 5.95. The number of hydrogen-bond donors (Lipinski definition) is 1. The van der Waals surface area contributed by atoms with Crippen LogP contribution in [-0.4, -0.2) is 16.8 Å². The lowest BCUT2D eigenvalue weighted by Gasteiger charge is -2.02. The predicted octanol–water partition coefficient (Wildman–Crippen LogP) is 3.16. The molecule has 0 bridgehead atoms. The van der Waals surface area contributed by atoms with Crippen LogP contribution in [0.3, 0.4) is 0 Å². The molecule has 0 unspecified atom stereocenters. The monoisotopic (exact) mass is 319 g/mol. The summed E-state index contributed by atoms with van der Waals surface area (Å²) >= 11 is 3.40. The molecule has 0 spiro atoms. The Labute approximate surface area is 119 Å². The van der Waals surface area contributed by atoms with Crippen LogP contribution in [0.15, 0.2) is 45.5 Å². The molecule has 0 saturated heterocycles. The first kappa shape index (κ1) is 12.4. The second-order valence-electron chi connectivity index (χ2n) is 4.39. The normalized spacial score (nSPS) is 11.3. The standard InChI is InChI=1S/C14H14BrN3O/c1-16-7-12-11-4-2-3-5-13(11)19-14(12)9-18-8-10(15)6-17-18/h2-6,8,16H,7,9H2,1H3. The molecule has 0 radical (unpaired) electrons. The summed E-state index contributed by atoms with van der Waals surface area (Å²) in [6.45, 7) is 1.42. The van der Waals surface area contributed by atoms with E-state index in [1.54, 1.807) is 6.20 Å². The zero-order valence-corrected chi connectivity index (χ0v) is 12.1. The molecule has 1 aromatic carbocycles. The Balaban J connectivity index is 2.04. The first-order chi connectivity index (χ1) is 9.28. The Morgan fingerprint density at radius 3 is 2.95 bits per heavy atom. The molecule has 0 fully saturated rings. The summed E-state index contributed by atoms with van der Waals surface area (Å²) in [5.41, 5.74) is 2.12. The van der Waals surface area contributed by atoms with Crippen LogP contribution in [-0.2, 0) is 13.1 Å². The van der Waals surface area contributed by atoms with Crippen molar-refractivity contribution in [3.63, 3.8) is 0 Å². The lowest BCUT2D eigenvalue weighted by molar-refractivity contribution is 0.501. The number of aromatic nitrogens is 2. The zero-order valence-electron chi connectivity index (χ0n) is 10.6. The van der Waals surface area contributed by atoms with Crippen LogP contribution in [0.2, 0.25) is 0 Å². The van der Waals surface area contributed by atoms with E-state index in [4.69, 9.17) is 4.42 Å². The molecule has 4 nitrogen and oxygen atoms in total. The number of benzene rings is 1. The summed E-state index contributed by atoms with van der Waals surface area (Å²) in [7, 11) is 1.94. The lowest BCUT2D eigenvalue weighted by atomic mass is 10.1. The highest BCUT2D eigenvalue weighted by molar-refractivity contribution is 9.10. The van der Waals surface area contributed by atoms with Crippen molar-refractivity contribution in [3.8, 4) is 0 Å². The fraction of sp³-hybridized carbons (Fsp3) is 0.214. The fourth-order valence-corrected chi connectivity index (χ4v) is 2.55. The fourth-order valence-electron chi connectivity index (χ4n) is 2.22. The van der Waals surface area contributed by atoms with E-state index in [-0.39, 0.29) is 0 Å². The van der Waals surface area contributed by atoms with Gasteiger partial charge in [-0.25, -0.2) is 0 Å². The van der Waals surface area contributed by atoms with E-state index in [2.05, 4.69) is 32.4 Å². The molecule has 5 heteroatoms. The third-order valence-corrected chi connectivity index (χ3v) is 3.45. The van der Waals surface area contributed by atoms with Gasteiger partial charge in [0, 0.05) is 23.7 Å². The van der Waals surface area contributed by atoms with Gasteiger partial charge >= 0.3 is 0 Å². The molecule has 0 amide bonds. The number of nitrogens with one attached hydrogen (secondary N) is 1. The second-order valence-corrected chi connectivity index (χ2v) is 5.30. The van der Waals surface area contributed by atoms with Crippen molar-refractivity contribution >= 4 is 26.9 Å². The Bertz CT molecular complexity index is 702. The average Bonchev–Trinajstić information content (AvgIpc) is 2.96. The summed E-state index contributed by atoms with van der Waals surface area (Å²) in [5, 5.41) is 8.63. The largest absolute Gasteiger partial charge is 0.459 e. The molecule has 98 valence electrons. The minimum absolute atomic E-state index is 0.636. The van der Waals surface area contributed by atoms with Crippen LogP contribution >= 0.6 is 15.9 Å². The number of furan rings is 1. The van der Waals surface area contributed by atoms with Crippen LogP contribution in [0, 0.1) is 0 Å². The number of fused-ring (bicyclic) bond motifs is 1. The third-order valence-electron chi connectivity index (χ3n) is 3.04. The summed E-state index contributed by atoms with van der Waals surface area (Å²) in [4.78, 5) is 0. The number of nitrogens with zero attached hydrogens (tertiary/aromatic N) is 2. The molecule has 3 aromatic rings. The minimum atomic E-state index is 0.636. The van der Waals surface area contributed by atoms with E-state index in [9.17, 15) is 0 Å². The van der Waals surface area contributed by atoms with E-state index in [1.807, 2.05) is 36.1 Å². The molecular formula is C14H14BrN3O. The highest BCUT2D eigenvalue weighted by Gasteiger charge is 2.13. The van der Waals surface area contributed by atoms with E-state index in [0.717, 1.165) is 27.7 Å². The molecule has 0 atom stereocenters. The number of halogens is 1. The second kappa shape index (κ2) is 5.19. The van der Waals surface area contributed by atoms with Crippen LogP contribution in [0.5, 0.6) is 0 Å². The molecule has 0 aliphatic heterocycles. The van der Waals surface area contributed by atoms with Crippen molar-refractivity contribution in [2.24, 2.45) is 0 Å². The van der Waals surface area contributed by atoms with Gasteiger partial charge in [-0.3, -0.25) is 4.68 Å². The third kappa shape index (κ3) is 2.43. The topological polar surface area (TPSA) is 43.0 Å². The SMILES string of the molecule is CNCc1c(Cn2cc(Br)cn2)oc2ccccc12. The van der Waals surface area contributed by atoms with Gasteiger partial charge in [-0.2, -0.15) is 5.10 Å². The molecule has 0 aliphatic rings. The van der Waals surface area contributed by atoms with Gasteiger partial charge in [-0.1, -0.05) is 18.2 Å². The highest BCUT2D eigenvalue weighted by Crippen LogP contribution is 2.26. The van der Waals surface area contributed by atoms with E-state index >= 15 is 0 Å². The first-order valence-corrected chi connectivity index (χ1v) is 6.89. The van der Waals surface area contributed by atoms with Crippen molar-refractivity contribution in [1.82, 2.24) is 15.1 Å². The van der Waals surface area contributed by atoms with Gasteiger partial charge in [0.05, 0.1) is 17.2 Å². The van der Waals surface area contributed by atoms with E-state index in [1.165, 1.54) is 5.56 Å². The van der Waals surface area contributed by atoms with E-state index in [0.29, 0.717) is 6.54 Å². The van der Waals surface area contributed by atoms with Gasteiger partial charge in [0.15, 0.2) is 0 Å². The Kier molecular flexibility index (Phi) is 3.40. The highest BCUT2D eigenvalue weighted by atomic mass is 79.9. The van der Waals surface area contributed by atoms with Crippen molar-refractivity contribution in [2.45, 2.75) is 13.1 Å². The van der Waals surface area contributed by atoms with Crippen LogP contribution < -0.4 is 5.32 Å². The summed E-state index contributed by atoms with van der Waals surface area (Å²) < 4.78 is 8.78. The van der Waals surface area contributed by atoms with Crippen LogP contribution in [0.25, 0.3) is 11.0 Å². The molecule has 0 aliphatic carbocycles. The molecule has 19 heavy (non-hydrogen) atoms. The van der Waals surface area contributed by atoms with Crippen molar-refractivity contribution in [2.75, 3.05) is 7.05 Å². The smallest absolute Gasteiger partial charge is 0.134 e. The van der Waals surface area contributed by atoms with Crippen molar-refractivity contribution in [3.05, 3.63) is 52.5 Å². The molecule has 2 aromatic heterocycles. The number of rotatable bonds is 4. The van der Waals surface area contributed by atoms with Gasteiger partial charge in [-0.05, 0) is 29.0 Å². The quantitative estimate of drug-likeness (QED) is 0.803. The molecule has 0 saturated carbocycles. The van der Waals surface area contributed by atoms with Gasteiger partial charge in [0.2, 0.25) is 0 Å². The van der Waals surface area contributed by atoms with Crippen molar-refractivity contribution in [1.29, 1.82) is 0 Å². The average molecular weight is 320 g/mol. The minimum Gasteiger partial charge on any atom is -0.459 e. The van der Waals surface area contributed by atoms with E-state index < -0.39 is 0 Å².